The lowest BCUT2D eigenvalue weighted by Gasteiger charge is -2.05. The number of esters is 1. The van der Waals surface area contributed by atoms with Gasteiger partial charge in [0.05, 0.1) is 23.2 Å². The van der Waals surface area contributed by atoms with Crippen molar-refractivity contribution in [3.8, 4) is 0 Å². The highest BCUT2D eigenvalue weighted by Gasteiger charge is 2.11. The molecule has 1 aromatic carbocycles. The highest BCUT2D eigenvalue weighted by Crippen LogP contribution is 2.17. The van der Waals surface area contributed by atoms with Gasteiger partial charge >= 0.3 is 5.97 Å². The number of ether oxygens (including phenoxy) is 1. The van der Waals surface area contributed by atoms with E-state index in [2.05, 4.69) is 11.9 Å². The molecule has 0 atom stereocenters. The topological polar surface area (TPSA) is 44.1 Å². The van der Waals surface area contributed by atoms with Gasteiger partial charge in [-0.1, -0.05) is 58.3 Å². The fraction of sp³-hybridized carbons (Fsp3) is 0.619. The molecule has 1 heterocycles. The van der Waals surface area contributed by atoms with E-state index in [1.165, 1.54) is 44.9 Å². The van der Waals surface area contributed by atoms with Gasteiger partial charge in [0.2, 0.25) is 0 Å². The minimum absolute atomic E-state index is 0.246. The van der Waals surface area contributed by atoms with Crippen molar-refractivity contribution in [3.63, 3.8) is 0 Å². The van der Waals surface area contributed by atoms with Crippen LogP contribution in [-0.2, 0) is 11.8 Å². The van der Waals surface area contributed by atoms with Crippen molar-refractivity contribution >= 4 is 17.0 Å². The van der Waals surface area contributed by atoms with Crippen molar-refractivity contribution < 1.29 is 9.53 Å². The largest absolute Gasteiger partial charge is 0.462 e. The van der Waals surface area contributed by atoms with Crippen molar-refractivity contribution in [1.82, 2.24) is 9.55 Å². The highest BCUT2D eigenvalue weighted by molar-refractivity contribution is 5.93. The summed E-state index contributed by atoms with van der Waals surface area (Å²) < 4.78 is 7.42. The molecule has 0 unspecified atom stereocenters. The Bertz CT molecular complexity index is 676. The average molecular weight is 344 g/mol. The molecule has 0 aliphatic heterocycles. The van der Waals surface area contributed by atoms with E-state index in [1.807, 2.05) is 36.7 Å². The fourth-order valence-corrected chi connectivity index (χ4v) is 3.11. The molecular formula is C21H32N2O2. The smallest absolute Gasteiger partial charge is 0.338 e. The fourth-order valence-electron chi connectivity index (χ4n) is 3.11. The van der Waals surface area contributed by atoms with Crippen molar-refractivity contribution in [1.29, 1.82) is 0 Å². The number of imidazole rings is 1. The molecule has 2 rings (SSSR count). The van der Waals surface area contributed by atoms with Gasteiger partial charge in [0.25, 0.3) is 0 Å². The summed E-state index contributed by atoms with van der Waals surface area (Å²) in [6, 6.07) is 5.58. The van der Waals surface area contributed by atoms with Crippen LogP contribution in [-0.4, -0.2) is 22.1 Å². The summed E-state index contributed by atoms with van der Waals surface area (Å²) in [4.78, 5) is 16.6. The van der Waals surface area contributed by atoms with Crippen LogP contribution in [0.1, 0.15) is 80.9 Å². The molecule has 0 aliphatic carbocycles. The van der Waals surface area contributed by atoms with Gasteiger partial charge in [-0.2, -0.15) is 0 Å². The van der Waals surface area contributed by atoms with Gasteiger partial charge in [0.15, 0.2) is 0 Å². The number of hydrogen-bond acceptors (Lipinski definition) is 3. The summed E-state index contributed by atoms with van der Waals surface area (Å²) in [5, 5.41) is 0. The molecule has 4 nitrogen and oxygen atoms in total. The van der Waals surface area contributed by atoms with Gasteiger partial charge in [-0.3, -0.25) is 0 Å². The summed E-state index contributed by atoms with van der Waals surface area (Å²) in [6.07, 6.45) is 11.4. The van der Waals surface area contributed by atoms with Crippen LogP contribution in [0.3, 0.4) is 0 Å². The van der Waals surface area contributed by atoms with E-state index in [1.54, 1.807) is 0 Å². The zero-order chi connectivity index (χ0) is 18.1. The van der Waals surface area contributed by atoms with Gasteiger partial charge in [-0.25, -0.2) is 9.78 Å². The van der Waals surface area contributed by atoms with Crippen molar-refractivity contribution in [3.05, 3.63) is 29.6 Å². The van der Waals surface area contributed by atoms with E-state index in [9.17, 15) is 4.79 Å². The number of fused-ring (bicyclic) bond motifs is 1. The van der Waals surface area contributed by atoms with Gasteiger partial charge in [0, 0.05) is 7.05 Å². The van der Waals surface area contributed by atoms with Crippen LogP contribution in [0.15, 0.2) is 18.2 Å². The summed E-state index contributed by atoms with van der Waals surface area (Å²) in [5.74, 6) is 0.694. The van der Waals surface area contributed by atoms with Gasteiger partial charge in [0.1, 0.15) is 5.82 Å². The molecule has 0 saturated heterocycles. The predicted octanol–water partition coefficient (Wildman–Crippen LogP) is 5.57. The summed E-state index contributed by atoms with van der Waals surface area (Å²) in [5.41, 5.74) is 2.46. The first-order valence-corrected chi connectivity index (χ1v) is 9.73. The predicted molar refractivity (Wildman–Crippen MR) is 103 cm³/mol. The third-order valence-corrected chi connectivity index (χ3v) is 4.82. The number of aryl methyl sites for hydroxylation is 2. The molecule has 0 amide bonds. The zero-order valence-electron chi connectivity index (χ0n) is 16.0. The molecule has 0 aliphatic rings. The molecule has 25 heavy (non-hydrogen) atoms. The van der Waals surface area contributed by atoms with E-state index in [4.69, 9.17) is 4.74 Å². The second-order valence-corrected chi connectivity index (χ2v) is 6.89. The van der Waals surface area contributed by atoms with E-state index >= 15 is 0 Å². The molecule has 0 saturated carbocycles. The monoisotopic (exact) mass is 344 g/mol. The lowest BCUT2D eigenvalue weighted by atomic mass is 10.1. The quantitative estimate of drug-likeness (QED) is 0.395. The Morgan fingerprint density at radius 2 is 1.68 bits per heavy atom. The molecule has 0 N–H and O–H groups in total. The van der Waals surface area contributed by atoms with Crippen molar-refractivity contribution in [2.75, 3.05) is 6.61 Å². The number of benzene rings is 1. The van der Waals surface area contributed by atoms with E-state index in [-0.39, 0.29) is 5.97 Å². The Morgan fingerprint density at radius 1 is 1.04 bits per heavy atom. The van der Waals surface area contributed by atoms with Crippen LogP contribution >= 0.6 is 0 Å². The number of carbonyl (C=O) groups is 1. The molecule has 0 spiro atoms. The summed E-state index contributed by atoms with van der Waals surface area (Å²) >= 11 is 0. The van der Waals surface area contributed by atoms with E-state index in [0.717, 1.165) is 29.7 Å². The third-order valence-electron chi connectivity index (χ3n) is 4.82. The van der Waals surface area contributed by atoms with E-state index in [0.29, 0.717) is 12.2 Å². The average Bonchev–Trinajstić information content (AvgIpc) is 2.90. The number of carbonyl (C=O) groups excluding carboxylic acids is 1. The van der Waals surface area contributed by atoms with Crippen LogP contribution in [0.5, 0.6) is 0 Å². The van der Waals surface area contributed by atoms with Crippen LogP contribution in [0.4, 0.5) is 0 Å². The highest BCUT2D eigenvalue weighted by atomic mass is 16.5. The number of hydrogen-bond donors (Lipinski definition) is 0. The minimum atomic E-state index is -0.246. The molecule has 0 radical (unpaired) electrons. The first kappa shape index (κ1) is 19.5. The van der Waals surface area contributed by atoms with Crippen LogP contribution in [0, 0.1) is 6.92 Å². The first-order valence-electron chi connectivity index (χ1n) is 9.73. The Balaban J connectivity index is 1.64. The van der Waals surface area contributed by atoms with Crippen LogP contribution < -0.4 is 0 Å². The standard InChI is InChI=1S/C21H32N2O2/c1-4-5-6-7-8-9-10-11-12-15-25-21(24)18-13-14-20-19(16-18)22-17(2)23(20)3/h13-14,16H,4-12,15H2,1-3H3. The van der Waals surface area contributed by atoms with Crippen molar-refractivity contribution in [2.45, 2.75) is 71.6 Å². The third kappa shape index (κ3) is 5.87. The molecule has 0 bridgehead atoms. The Hall–Kier alpha value is -1.84. The number of unbranched alkanes of at least 4 members (excludes halogenated alkanes) is 8. The molecule has 0 fully saturated rings. The second kappa shape index (κ2) is 10.2. The lowest BCUT2D eigenvalue weighted by Crippen LogP contribution is -2.06. The summed E-state index contributed by atoms with van der Waals surface area (Å²) in [6.45, 7) is 4.71. The van der Waals surface area contributed by atoms with Gasteiger partial charge in [-0.05, 0) is 31.5 Å². The van der Waals surface area contributed by atoms with Crippen LogP contribution in [0.2, 0.25) is 0 Å². The van der Waals surface area contributed by atoms with E-state index < -0.39 is 0 Å². The molecule has 4 heteroatoms. The number of nitrogens with zero attached hydrogens (tertiary/aromatic N) is 2. The van der Waals surface area contributed by atoms with Gasteiger partial charge < -0.3 is 9.30 Å². The lowest BCUT2D eigenvalue weighted by molar-refractivity contribution is 0.0498. The molecular weight excluding hydrogens is 312 g/mol. The normalized spacial score (nSPS) is 11.2. The van der Waals surface area contributed by atoms with Crippen LogP contribution in [0.25, 0.3) is 11.0 Å². The Morgan fingerprint density at radius 3 is 2.36 bits per heavy atom. The molecule has 2 aromatic rings. The SMILES string of the molecule is CCCCCCCCCCCOC(=O)c1ccc2c(c1)nc(C)n2C. The Kier molecular flexibility index (Phi) is 7.96. The van der Waals surface area contributed by atoms with Gasteiger partial charge in [-0.15, -0.1) is 0 Å². The summed E-state index contributed by atoms with van der Waals surface area (Å²) in [7, 11) is 1.98. The maximum atomic E-state index is 12.2. The zero-order valence-corrected chi connectivity index (χ0v) is 16.0. The first-order chi connectivity index (χ1) is 12.1. The second-order valence-electron chi connectivity index (χ2n) is 6.89. The maximum absolute atomic E-state index is 12.2. The molecule has 138 valence electrons. The Labute approximate surface area is 151 Å². The number of rotatable bonds is 11. The van der Waals surface area contributed by atoms with Crippen molar-refractivity contribution in [2.24, 2.45) is 7.05 Å². The maximum Gasteiger partial charge on any atom is 0.338 e. The minimum Gasteiger partial charge on any atom is -0.462 e. The number of aromatic nitrogens is 2. The molecule has 1 aromatic heterocycles.